The van der Waals surface area contributed by atoms with Gasteiger partial charge in [0.15, 0.2) is 0 Å². The van der Waals surface area contributed by atoms with Crippen LogP contribution in [0.3, 0.4) is 0 Å². The highest BCUT2D eigenvalue weighted by molar-refractivity contribution is 5.85. The van der Waals surface area contributed by atoms with Crippen LogP contribution in [0, 0.1) is 0 Å². The summed E-state index contributed by atoms with van der Waals surface area (Å²) in [5.41, 5.74) is 7.54. The van der Waals surface area contributed by atoms with Crippen LogP contribution >= 0.6 is 12.4 Å². The van der Waals surface area contributed by atoms with Crippen molar-refractivity contribution >= 4 is 18.1 Å². The lowest BCUT2D eigenvalue weighted by atomic mass is 9.97. The molecular formula is C23H33ClN2O2. The zero-order valence-corrected chi connectivity index (χ0v) is 18.1. The summed E-state index contributed by atoms with van der Waals surface area (Å²) in [5.74, 6) is 0.260. The summed E-state index contributed by atoms with van der Waals surface area (Å²) < 4.78 is 0. The van der Waals surface area contributed by atoms with Gasteiger partial charge in [-0.1, -0.05) is 32.0 Å². The second kappa shape index (κ2) is 9.64. The first kappa shape index (κ1) is 22.5. The van der Waals surface area contributed by atoms with Gasteiger partial charge in [-0.25, -0.2) is 0 Å². The Labute approximate surface area is 175 Å². The SMILES string of the molecule is CCc1cc2c(cc1CC)CC(N[C@H](O)Cc1ccc(O)c(N(C)C)c1)C2.Cl. The Balaban J connectivity index is 0.00000280. The molecule has 1 aliphatic carbocycles. The number of hydrogen-bond acceptors (Lipinski definition) is 4. The smallest absolute Gasteiger partial charge is 0.138 e. The maximum atomic E-state index is 10.6. The lowest BCUT2D eigenvalue weighted by Gasteiger charge is -2.20. The molecular weight excluding hydrogens is 372 g/mol. The summed E-state index contributed by atoms with van der Waals surface area (Å²) in [6.07, 6.45) is 4.02. The van der Waals surface area contributed by atoms with Gasteiger partial charge in [-0.15, -0.1) is 12.4 Å². The zero-order chi connectivity index (χ0) is 19.6. The fraction of sp³-hybridized carbons (Fsp3) is 0.478. The summed E-state index contributed by atoms with van der Waals surface area (Å²) in [6, 6.07) is 10.5. The molecule has 3 N–H and O–H groups in total. The van der Waals surface area contributed by atoms with Crippen molar-refractivity contribution in [3.63, 3.8) is 0 Å². The number of rotatable bonds is 7. The number of phenolic OH excluding ortho intramolecular Hbond substituents is 1. The Morgan fingerprint density at radius 2 is 1.61 bits per heavy atom. The summed E-state index contributed by atoms with van der Waals surface area (Å²) in [4.78, 5) is 1.88. The molecule has 0 unspecified atom stereocenters. The fourth-order valence-electron chi connectivity index (χ4n) is 4.16. The number of nitrogens with zero attached hydrogens (tertiary/aromatic N) is 1. The second-order valence-corrected chi connectivity index (χ2v) is 7.81. The number of fused-ring (bicyclic) bond motifs is 1. The first-order chi connectivity index (χ1) is 12.9. The standard InChI is InChI=1S/C23H32N2O2.ClH/c1-5-16-11-18-13-20(14-19(18)12-17(16)6-2)24-23(27)10-15-7-8-22(26)21(9-15)25(3)4;/h7-9,11-12,20,23-24,26-27H,5-6,10,13-14H2,1-4H3;1H/t23-;/m1./s1. The Morgan fingerprint density at radius 1 is 1.04 bits per heavy atom. The van der Waals surface area contributed by atoms with Crippen molar-refractivity contribution in [3.8, 4) is 5.75 Å². The van der Waals surface area contributed by atoms with E-state index in [1.807, 2.05) is 31.1 Å². The van der Waals surface area contributed by atoms with Crippen LogP contribution in [0.25, 0.3) is 0 Å². The number of benzene rings is 2. The molecule has 0 aliphatic heterocycles. The number of aliphatic hydroxyl groups is 1. The molecule has 4 nitrogen and oxygen atoms in total. The number of aryl methyl sites for hydroxylation is 2. The molecule has 2 aromatic carbocycles. The third kappa shape index (κ3) is 4.99. The number of anilines is 1. The molecule has 5 heteroatoms. The van der Waals surface area contributed by atoms with E-state index < -0.39 is 6.23 Å². The highest BCUT2D eigenvalue weighted by atomic mass is 35.5. The number of hydrogen-bond donors (Lipinski definition) is 3. The van der Waals surface area contributed by atoms with Crippen LogP contribution in [0.15, 0.2) is 30.3 Å². The minimum absolute atomic E-state index is 0. The number of aliphatic hydroxyl groups excluding tert-OH is 1. The fourth-order valence-corrected chi connectivity index (χ4v) is 4.16. The van der Waals surface area contributed by atoms with Crippen LogP contribution in [0.5, 0.6) is 5.75 Å². The van der Waals surface area contributed by atoms with Gasteiger partial charge in [0.2, 0.25) is 0 Å². The van der Waals surface area contributed by atoms with Crippen molar-refractivity contribution in [2.24, 2.45) is 0 Å². The van der Waals surface area contributed by atoms with Gasteiger partial charge in [-0.05, 0) is 65.6 Å². The van der Waals surface area contributed by atoms with Gasteiger partial charge in [0.05, 0.1) is 5.69 Å². The molecule has 0 fully saturated rings. The minimum atomic E-state index is -0.597. The third-order valence-electron chi connectivity index (χ3n) is 5.60. The molecule has 1 aliphatic rings. The maximum absolute atomic E-state index is 10.6. The third-order valence-corrected chi connectivity index (χ3v) is 5.60. The molecule has 1 atom stereocenters. The summed E-state index contributed by atoms with van der Waals surface area (Å²) in [7, 11) is 3.80. The molecule has 3 rings (SSSR count). The van der Waals surface area contributed by atoms with Crippen LogP contribution in [0.2, 0.25) is 0 Å². The molecule has 28 heavy (non-hydrogen) atoms. The lowest BCUT2D eigenvalue weighted by Crippen LogP contribution is -2.40. The van der Waals surface area contributed by atoms with Gasteiger partial charge in [-0.3, -0.25) is 5.32 Å². The quantitative estimate of drug-likeness (QED) is 0.617. The van der Waals surface area contributed by atoms with E-state index in [1.54, 1.807) is 6.07 Å². The molecule has 0 amide bonds. The average molecular weight is 405 g/mol. The Morgan fingerprint density at radius 3 is 2.11 bits per heavy atom. The van der Waals surface area contributed by atoms with E-state index >= 15 is 0 Å². The Bertz CT molecular complexity index is 774. The molecule has 154 valence electrons. The normalized spacial score (nSPS) is 14.5. The monoisotopic (exact) mass is 404 g/mol. The van der Waals surface area contributed by atoms with Crippen molar-refractivity contribution in [1.82, 2.24) is 5.32 Å². The van der Waals surface area contributed by atoms with Crippen molar-refractivity contribution in [1.29, 1.82) is 0 Å². The highest BCUT2D eigenvalue weighted by Gasteiger charge is 2.24. The van der Waals surface area contributed by atoms with Gasteiger partial charge < -0.3 is 15.1 Å². The average Bonchev–Trinajstić information content (AvgIpc) is 3.02. The molecule has 2 aromatic rings. The highest BCUT2D eigenvalue weighted by Crippen LogP contribution is 2.28. The van der Waals surface area contributed by atoms with Crippen LogP contribution in [-0.4, -0.2) is 36.6 Å². The van der Waals surface area contributed by atoms with Crippen LogP contribution in [-0.2, 0) is 32.1 Å². The predicted octanol–water partition coefficient (Wildman–Crippen LogP) is 3.62. The van der Waals surface area contributed by atoms with Gasteiger partial charge in [0.25, 0.3) is 0 Å². The Kier molecular flexibility index (Phi) is 7.76. The van der Waals surface area contributed by atoms with E-state index in [0.717, 1.165) is 36.9 Å². The first-order valence-electron chi connectivity index (χ1n) is 9.98. The van der Waals surface area contributed by atoms with Crippen molar-refractivity contribution in [3.05, 3.63) is 58.1 Å². The second-order valence-electron chi connectivity index (χ2n) is 7.81. The summed E-state index contributed by atoms with van der Waals surface area (Å²) in [6.45, 7) is 4.43. The van der Waals surface area contributed by atoms with Crippen molar-refractivity contribution in [2.75, 3.05) is 19.0 Å². The van der Waals surface area contributed by atoms with E-state index in [2.05, 4.69) is 31.3 Å². The molecule has 0 spiro atoms. The topological polar surface area (TPSA) is 55.7 Å². The zero-order valence-electron chi connectivity index (χ0n) is 17.3. The lowest BCUT2D eigenvalue weighted by molar-refractivity contribution is 0.123. The van der Waals surface area contributed by atoms with E-state index in [0.29, 0.717) is 6.42 Å². The molecule has 0 aromatic heterocycles. The molecule has 0 bridgehead atoms. The van der Waals surface area contributed by atoms with E-state index in [4.69, 9.17) is 0 Å². The molecule has 0 heterocycles. The number of phenols is 1. The minimum Gasteiger partial charge on any atom is -0.506 e. The van der Waals surface area contributed by atoms with Crippen molar-refractivity contribution < 1.29 is 10.2 Å². The van der Waals surface area contributed by atoms with E-state index in [9.17, 15) is 10.2 Å². The number of nitrogens with one attached hydrogen (secondary N) is 1. The predicted molar refractivity (Wildman–Crippen MR) is 119 cm³/mol. The van der Waals surface area contributed by atoms with Crippen LogP contribution < -0.4 is 10.2 Å². The Hall–Kier alpha value is -1.75. The molecule has 0 saturated carbocycles. The van der Waals surface area contributed by atoms with E-state index in [1.165, 1.54) is 22.3 Å². The van der Waals surface area contributed by atoms with Crippen molar-refractivity contribution in [2.45, 2.75) is 58.2 Å². The van der Waals surface area contributed by atoms with Gasteiger partial charge >= 0.3 is 0 Å². The summed E-state index contributed by atoms with van der Waals surface area (Å²) >= 11 is 0. The van der Waals surface area contributed by atoms with Gasteiger partial charge in [-0.2, -0.15) is 0 Å². The molecule has 0 radical (unpaired) electrons. The maximum Gasteiger partial charge on any atom is 0.138 e. The number of halogens is 1. The number of aromatic hydroxyl groups is 1. The van der Waals surface area contributed by atoms with Gasteiger partial charge in [0, 0.05) is 26.6 Å². The van der Waals surface area contributed by atoms with Crippen LogP contribution in [0.1, 0.15) is 41.7 Å². The summed E-state index contributed by atoms with van der Waals surface area (Å²) in [5, 5.41) is 23.9. The van der Waals surface area contributed by atoms with Gasteiger partial charge in [0.1, 0.15) is 12.0 Å². The first-order valence-corrected chi connectivity index (χ1v) is 9.98. The van der Waals surface area contributed by atoms with E-state index in [-0.39, 0.29) is 24.2 Å². The van der Waals surface area contributed by atoms with Crippen LogP contribution in [0.4, 0.5) is 5.69 Å². The molecule has 0 saturated heterocycles. The largest absolute Gasteiger partial charge is 0.506 e.